The maximum Gasteiger partial charge on any atom is 0.238 e. The molecular formula is C19H25N3O3. The summed E-state index contributed by atoms with van der Waals surface area (Å²) in [6.07, 6.45) is 2.09. The van der Waals surface area contributed by atoms with Crippen LogP contribution in [0.3, 0.4) is 0 Å². The van der Waals surface area contributed by atoms with Crippen LogP contribution in [0.4, 0.5) is 0 Å². The fraction of sp³-hybridized carbons (Fsp3) is 0.526. The molecule has 3 rings (SSSR count). The molecule has 1 aliphatic carbocycles. The van der Waals surface area contributed by atoms with Gasteiger partial charge in [-0.05, 0) is 24.8 Å². The van der Waals surface area contributed by atoms with Crippen molar-refractivity contribution in [2.75, 3.05) is 13.1 Å². The van der Waals surface area contributed by atoms with Crippen molar-refractivity contribution in [3.05, 3.63) is 35.9 Å². The summed E-state index contributed by atoms with van der Waals surface area (Å²) in [4.78, 5) is 40.7. The van der Waals surface area contributed by atoms with Gasteiger partial charge in [0.2, 0.25) is 17.7 Å². The number of carbonyl (C=O) groups excluding carboxylic acids is 3. The van der Waals surface area contributed by atoms with E-state index in [1.54, 1.807) is 4.90 Å². The summed E-state index contributed by atoms with van der Waals surface area (Å²) in [7, 11) is 0. The molecule has 0 aromatic heterocycles. The number of hydrogen-bond donors (Lipinski definition) is 1. The Morgan fingerprint density at radius 2 is 1.92 bits per heavy atom. The Morgan fingerprint density at radius 1 is 1.24 bits per heavy atom. The van der Waals surface area contributed by atoms with E-state index >= 15 is 0 Å². The number of amides is 3. The summed E-state index contributed by atoms with van der Waals surface area (Å²) >= 11 is 0. The van der Waals surface area contributed by atoms with Crippen LogP contribution in [-0.2, 0) is 20.9 Å². The third-order valence-corrected chi connectivity index (χ3v) is 5.37. The van der Waals surface area contributed by atoms with Crippen LogP contribution >= 0.6 is 0 Å². The van der Waals surface area contributed by atoms with Gasteiger partial charge in [-0.25, -0.2) is 0 Å². The van der Waals surface area contributed by atoms with Gasteiger partial charge in [0.15, 0.2) is 0 Å². The van der Waals surface area contributed by atoms with Crippen LogP contribution < -0.4 is 5.73 Å². The predicted octanol–water partition coefficient (Wildman–Crippen LogP) is 1.29. The van der Waals surface area contributed by atoms with Crippen LogP contribution in [0, 0.1) is 5.41 Å². The maximum atomic E-state index is 12.8. The first-order valence-electron chi connectivity index (χ1n) is 8.90. The van der Waals surface area contributed by atoms with E-state index in [2.05, 4.69) is 0 Å². The molecule has 134 valence electrons. The molecule has 25 heavy (non-hydrogen) atoms. The molecule has 1 atom stereocenters. The molecule has 1 aliphatic heterocycles. The highest BCUT2D eigenvalue weighted by Crippen LogP contribution is 2.47. The van der Waals surface area contributed by atoms with E-state index in [0.717, 1.165) is 12.0 Å². The van der Waals surface area contributed by atoms with Crippen LogP contribution in [-0.4, -0.2) is 46.7 Å². The minimum absolute atomic E-state index is 0.0509. The van der Waals surface area contributed by atoms with Crippen LogP contribution in [0.2, 0.25) is 0 Å². The Labute approximate surface area is 148 Å². The largest absolute Gasteiger partial charge is 0.369 e. The number of benzene rings is 1. The predicted molar refractivity (Wildman–Crippen MR) is 93.1 cm³/mol. The number of nitrogens with zero attached hydrogens (tertiary/aromatic N) is 2. The van der Waals surface area contributed by atoms with Gasteiger partial charge in [0.05, 0.1) is 0 Å². The van der Waals surface area contributed by atoms with Crippen LogP contribution in [0.1, 0.15) is 38.2 Å². The van der Waals surface area contributed by atoms with Crippen molar-refractivity contribution < 1.29 is 14.4 Å². The molecule has 0 radical (unpaired) electrons. The molecule has 0 spiro atoms. The minimum Gasteiger partial charge on any atom is -0.369 e. The number of carbonyl (C=O) groups is 3. The number of primary amides is 1. The highest BCUT2D eigenvalue weighted by atomic mass is 16.2. The molecule has 2 fully saturated rings. The Hall–Kier alpha value is -2.37. The van der Waals surface area contributed by atoms with Crippen LogP contribution in [0.25, 0.3) is 0 Å². The lowest BCUT2D eigenvalue weighted by molar-refractivity contribution is -0.143. The molecule has 0 unspecified atom stereocenters. The van der Waals surface area contributed by atoms with E-state index < -0.39 is 11.3 Å². The molecule has 1 heterocycles. The third-order valence-electron chi connectivity index (χ3n) is 5.37. The summed E-state index contributed by atoms with van der Waals surface area (Å²) in [5, 5.41) is 0. The molecule has 1 saturated carbocycles. The molecule has 6 heteroatoms. The lowest BCUT2D eigenvalue weighted by Gasteiger charge is -2.32. The smallest absolute Gasteiger partial charge is 0.238 e. The second kappa shape index (κ2) is 6.86. The third kappa shape index (κ3) is 3.38. The molecule has 6 nitrogen and oxygen atoms in total. The Balaban J connectivity index is 1.77. The Morgan fingerprint density at radius 3 is 2.48 bits per heavy atom. The quantitative estimate of drug-likeness (QED) is 0.818. The highest BCUT2D eigenvalue weighted by molar-refractivity contribution is 6.07. The maximum absolute atomic E-state index is 12.8. The van der Waals surface area contributed by atoms with Crippen molar-refractivity contribution in [3.63, 3.8) is 0 Å². The van der Waals surface area contributed by atoms with Gasteiger partial charge in [-0.15, -0.1) is 0 Å². The SMILES string of the molecule is CC[C@@H]1CN(C(=O)C2(C(N)=O)CC2)CCC(=O)N1Cc1ccccc1. The zero-order valence-corrected chi connectivity index (χ0v) is 14.6. The van der Waals surface area contributed by atoms with Gasteiger partial charge in [-0.1, -0.05) is 37.3 Å². The monoisotopic (exact) mass is 343 g/mol. The number of nitrogens with two attached hydrogens (primary N) is 1. The highest BCUT2D eigenvalue weighted by Gasteiger charge is 2.57. The first kappa shape index (κ1) is 17.5. The van der Waals surface area contributed by atoms with E-state index in [1.165, 1.54) is 0 Å². The standard InChI is InChI=1S/C19H25N3O3/c1-2-15-13-21(18(25)19(9-10-19)17(20)24)11-8-16(23)22(15)12-14-6-4-3-5-7-14/h3-7,15H,2,8-13H2,1H3,(H2,20,24)/t15-/m1/s1. The van der Waals surface area contributed by atoms with Crippen molar-refractivity contribution >= 4 is 17.7 Å². The van der Waals surface area contributed by atoms with E-state index in [0.29, 0.717) is 32.5 Å². The van der Waals surface area contributed by atoms with Gasteiger partial charge < -0.3 is 15.5 Å². The van der Waals surface area contributed by atoms with Crippen molar-refractivity contribution in [1.29, 1.82) is 0 Å². The second-order valence-corrected chi connectivity index (χ2v) is 7.02. The number of hydrogen-bond acceptors (Lipinski definition) is 3. The normalized spacial score (nSPS) is 22.4. The zero-order chi connectivity index (χ0) is 18.0. The molecule has 1 saturated heterocycles. The van der Waals surface area contributed by atoms with Gasteiger partial charge in [0.25, 0.3) is 0 Å². The average molecular weight is 343 g/mol. The minimum atomic E-state index is -1.02. The summed E-state index contributed by atoms with van der Waals surface area (Å²) in [5.74, 6) is -0.690. The van der Waals surface area contributed by atoms with Gasteiger partial charge in [0.1, 0.15) is 5.41 Å². The van der Waals surface area contributed by atoms with E-state index in [4.69, 9.17) is 5.73 Å². The van der Waals surface area contributed by atoms with Gasteiger partial charge >= 0.3 is 0 Å². The second-order valence-electron chi connectivity index (χ2n) is 7.02. The van der Waals surface area contributed by atoms with Crippen molar-refractivity contribution in [2.45, 2.75) is 45.2 Å². The first-order chi connectivity index (χ1) is 12.0. The Bertz CT molecular complexity index is 670. The van der Waals surface area contributed by atoms with Gasteiger partial charge in [-0.2, -0.15) is 0 Å². The number of rotatable bonds is 5. The topological polar surface area (TPSA) is 83.7 Å². The summed E-state index contributed by atoms with van der Waals surface area (Å²) < 4.78 is 0. The van der Waals surface area contributed by atoms with Crippen molar-refractivity contribution in [3.8, 4) is 0 Å². The van der Waals surface area contributed by atoms with E-state index in [1.807, 2.05) is 42.2 Å². The van der Waals surface area contributed by atoms with Gasteiger partial charge in [-0.3, -0.25) is 14.4 Å². The summed E-state index contributed by atoms with van der Waals surface area (Å²) in [6.45, 7) is 3.38. The Kier molecular flexibility index (Phi) is 4.79. The van der Waals surface area contributed by atoms with Crippen molar-refractivity contribution in [2.24, 2.45) is 11.1 Å². The van der Waals surface area contributed by atoms with Crippen LogP contribution in [0.5, 0.6) is 0 Å². The molecule has 2 aliphatic rings. The van der Waals surface area contributed by atoms with E-state index in [-0.39, 0.29) is 24.3 Å². The fourth-order valence-corrected chi connectivity index (χ4v) is 3.55. The first-order valence-corrected chi connectivity index (χ1v) is 8.90. The summed E-state index contributed by atoms with van der Waals surface area (Å²) in [6, 6.07) is 9.81. The van der Waals surface area contributed by atoms with Crippen molar-refractivity contribution in [1.82, 2.24) is 9.80 Å². The molecule has 3 amide bonds. The lowest BCUT2D eigenvalue weighted by Crippen LogP contribution is -2.48. The fourth-order valence-electron chi connectivity index (χ4n) is 3.55. The summed E-state index contributed by atoms with van der Waals surface area (Å²) in [5.41, 5.74) is 5.50. The zero-order valence-electron chi connectivity index (χ0n) is 14.6. The average Bonchev–Trinajstić information content (AvgIpc) is 3.43. The van der Waals surface area contributed by atoms with Gasteiger partial charge in [0, 0.05) is 32.1 Å². The molecule has 2 N–H and O–H groups in total. The molecule has 1 aromatic carbocycles. The molecule has 0 bridgehead atoms. The van der Waals surface area contributed by atoms with E-state index in [9.17, 15) is 14.4 Å². The lowest BCUT2D eigenvalue weighted by atomic mass is 10.0. The van der Waals surface area contributed by atoms with Crippen LogP contribution in [0.15, 0.2) is 30.3 Å². The molecular weight excluding hydrogens is 318 g/mol. The molecule has 1 aromatic rings.